The Hall–Kier alpha value is -0.870. The van der Waals surface area contributed by atoms with Gasteiger partial charge in [-0.1, -0.05) is 57.6 Å². The summed E-state index contributed by atoms with van der Waals surface area (Å²) < 4.78 is 10.7. The van der Waals surface area contributed by atoms with Gasteiger partial charge in [0.15, 0.2) is 0 Å². The molecule has 0 aromatic rings. The lowest BCUT2D eigenvalue weighted by atomic mass is 10.1. The number of aliphatic hydroxyl groups excluding tert-OH is 1. The van der Waals surface area contributed by atoms with Crippen LogP contribution in [-0.2, 0) is 14.3 Å². The normalized spacial score (nSPS) is 20.8. The lowest BCUT2D eigenvalue weighted by Crippen LogP contribution is -2.18. The molecule has 1 saturated heterocycles. The van der Waals surface area contributed by atoms with E-state index in [9.17, 15) is 4.79 Å². The molecule has 1 rings (SSSR count). The fourth-order valence-corrected chi connectivity index (χ4v) is 2.97. The number of rotatable bonds is 16. The van der Waals surface area contributed by atoms with Crippen molar-refractivity contribution in [1.29, 1.82) is 0 Å². The molecule has 25 heavy (non-hydrogen) atoms. The van der Waals surface area contributed by atoms with Gasteiger partial charge in [0.2, 0.25) is 0 Å². The fourth-order valence-electron chi connectivity index (χ4n) is 2.97. The maximum atomic E-state index is 11.4. The molecule has 0 radical (unpaired) electrons. The molecule has 4 nitrogen and oxygen atoms in total. The zero-order chi connectivity index (χ0) is 18.3. The van der Waals surface area contributed by atoms with Crippen LogP contribution in [0.4, 0.5) is 0 Å². The summed E-state index contributed by atoms with van der Waals surface area (Å²) >= 11 is 0. The van der Waals surface area contributed by atoms with Crippen molar-refractivity contribution in [2.75, 3.05) is 6.61 Å². The van der Waals surface area contributed by atoms with Gasteiger partial charge in [0, 0.05) is 6.42 Å². The van der Waals surface area contributed by atoms with Crippen LogP contribution in [0, 0.1) is 0 Å². The Morgan fingerprint density at radius 2 is 1.84 bits per heavy atom. The van der Waals surface area contributed by atoms with Gasteiger partial charge in [0.05, 0.1) is 18.8 Å². The summed E-state index contributed by atoms with van der Waals surface area (Å²) in [5, 5.41) is 8.81. The van der Waals surface area contributed by atoms with E-state index < -0.39 is 0 Å². The van der Waals surface area contributed by atoms with Crippen LogP contribution < -0.4 is 0 Å². The lowest BCUT2D eigenvalue weighted by molar-refractivity contribution is -0.150. The second-order valence-electron chi connectivity index (χ2n) is 7.21. The van der Waals surface area contributed by atoms with Gasteiger partial charge in [-0.05, 0) is 39.0 Å². The predicted molar refractivity (Wildman–Crippen MR) is 102 cm³/mol. The Bertz CT molecular complexity index is 367. The molecule has 0 saturated carbocycles. The summed E-state index contributed by atoms with van der Waals surface area (Å²) in [6.45, 7) is 3.83. The summed E-state index contributed by atoms with van der Waals surface area (Å²) in [5.74, 6) is -0.195. The number of esters is 1. The summed E-state index contributed by atoms with van der Waals surface area (Å²) in [7, 11) is 0. The molecule has 0 bridgehead atoms. The van der Waals surface area contributed by atoms with Gasteiger partial charge in [-0.25, -0.2) is 0 Å². The minimum absolute atomic E-state index is 0.106. The minimum atomic E-state index is -0.382. The molecule has 1 heterocycles. The molecule has 1 N–H and O–H groups in total. The molecule has 0 aromatic heterocycles. The molecule has 0 spiro atoms. The summed E-state index contributed by atoms with van der Waals surface area (Å²) in [5.41, 5.74) is 0. The van der Waals surface area contributed by atoms with Crippen LogP contribution in [0.3, 0.4) is 0 Å². The van der Waals surface area contributed by atoms with Crippen LogP contribution in [0.15, 0.2) is 12.2 Å². The van der Waals surface area contributed by atoms with Crippen molar-refractivity contribution in [3.63, 3.8) is 0 Å². The van der Waals surface area contributed by atoms with E-state index in [-0.39, 0.29) is 18.7 Å². The maximum absolute atomic E-state index is 11.4. The van der Waals surface area contributed by atoms with Crippen LogP contribution in [0.1, 0.15) is 90.9 Å². The van der Waals surface area contributed by atoms with Gasteiger partial charge in [0.25, 0.3) is 0 Å². The van der Waals surface area contributed by atoms with Crippen molar-refractivity contribution in [3.8, 4) is 0 Å². The van der Waals surface area contributed by atoms with Crippen LogP contribution in [-0.4, -0.2) is 36.0 Å². The Morgan fingerprint density at radius 3 is 2.60 bits per heavy atom. The number of allylic oxidation sites excluding steroid dienone is 1. The Labute approximate surface area is 154 Å². The molecule has 4 heteroatoms. The van der Waals surface area contributed by atoms with Gasteiger partial charge in [-0.3, -0.25) is 4.79 Å². The number of ether oxygens (including phenoxy) is 2. The first-order chi connectivity index (χ1) is 12.2. The smallest absolute Gasteiger partial charge is 0.306 e. The predicted octanol–water partition coefficient (Wildman–Crippen LogP) is 4.94. The Balaban J connectivity index is 1.82. The molecule has 0 amide bonds. The molecule has 3 unspecified atom stereocenters. The van der Waals surface area contributed by atoms with E-state index in [0.717, 1.165) is 25.7 Å². The number of hydrogen-bond acceptors (Lipinski definition) is 4. The molecular formula is C21H38O4. The second-order valence-corrected chi connectivity index (χ2v) is 7.21. The van der Waals surface area contributed by atoms with Crippen molar-refractivity contribution in [1.82, 2.24) is 0 Å². The molecule has 146 valence electrons. The lowest BCUT2D eigenvalue weighted by Gasteiger charge is -2.09. The highest BCUT2D eigenvalue weighted by Gasteiger charge is 2.36. The van der Waals surface area contributed by atoms with Gasteiger partial charge in [0.1, 0.15) is 6.10 Å². The fraction of sp³-hybridized carbons (Fsp3) is 0.857. The highest BCUT2D eigenvalue weighted by molar-refractivity contribution is 5.69. The third kappa shape index (κ3) is 12.2. The van der Waals surface area contributed by atoms with E-state index in [0.29, 0.717) is 18.6 Å². The number of carbonyl (C=O) groups is 1. The van der Waals surface area contributed by atoms with Gasteiger partial charge >= 0.3 is 5.97 Å². The number of hydrogen-bond donors (Lipinski definition) is 1. The molecule has 1 aliphatic rings. The molecule has 0 aromatic carbocycles. The van der Waals surface area contributed by atoms with Crippen molar-refractivity contribution >= 4 is 5.97 Å². The Kier molecular flexibility index (Phi) is 12.7. The van der Waals surface area contributed by atoms with Crippen LogP contribution in [0.5, 0.6) is 0 Å². The van der Waals surface area contributed by atoms with Gasteiger partial charge < -0.3 is 14.6 Å². The van der Waals surface area contributed by atoms with E-state index in [1.54, 1.807) is 6.92 Å². The van der Waals surface area contributed by atoms with Crippen molar-refractivity contribution in [2.24, 2.45) is 0 Å². The standard InChI is InChI=1S/C21H38O4/c1-3-4-11-14-19-20(25-19)15-12-9-7-5-6-8-10-13-16-21(23)24-18(2)17-22/h9,12,18-20,22H,3-8,10-11,13-17H2,1-2H3. The molecular weight excluding hydrogens is 316 g/mol. The first kappa shape index (κ1) is 22.2. The van der Waals surface area contributed by atoms with E-state index in [1.807, 2.05) is 0 Å². The summed E-state index contributed by atoms with van der Waals surface area (Å²) in [4.78, 5) is 11.4. The third-order valence-corrected chi connectivity index (χ3v) is 4.66. The average Bonchev–Trinajstić information content (AvgIpc) is 3.34. The number of epoxide rings is 1. The number of unbranched alkanes of at least 4 members (excludes halogenated alkanes) is 7. The van der Waals surface area contributed by atoms with E-state index in [1.165, 1.54) is 44.9 Å². The number of aliphatic hydroxyl groups is 1. The molecule has 1 aliphatic heterocycles. The first-order valence-electron chi connectivity index (χ1n) is 10.3. The quantitative estimate of drug-likeness (QED) is 0.185. The van der Waals surface area contributed by atoms with E-state index in [4.69, 9.17) is 14.6 Å². The Morgan fingerprint density at radius 1 is 1.08 bits per heavy atom. The molecule has 0 aliphatic carbocycles. The zero-order valence-electron chi connectivity index (χ0n) is 16.3. The van der Waals surface area contributed by atoms with Crippen molar-refractivity contribution in [2.45, 2.75) is 109 Å². The van der Waals surface area contributed by atoms with Crippen molar-refractivity contribution < 1.29 is 19.4 Å². The van der Waals surface area contributed by atoms with Crippen LogP contribution in [0.25, 0.3) is 0 Å². The average molecular weight is 355 g/mol. The summed E-state index contributed by atoms with van der Waals surface area (Å²) in [6, 6.07) is 0. The first-order valence-corrected chi connectivity index (χ1v) is 10.3. The zero-order valence-corrected chi connectivity index (χ0v) is 16.3. The number of carbonyl (C=O) groups excluding carboxylic acids is 1. The summed E-state index contributed by atoms with van der Waals surface area (Å²) in [6.07, 6.45) is 18.6. The monoisotopic (exact) mass is 354 g/mol. The van der Waals surface area contributed by atoms with Gasteiger partial charge in [-0.15, -0.1) is 0 Å². The minimum Gasteiger partial charge on any atom is -0.460 e. The van der Waals surface area contributed by atoms with Crippen LogP contribution >= 0.6 is 0 Å². The van der Waals surface area contributed by atoms with E-state index >= 15 is 0 Å². The molecule has 3 atom stereocenters. The highest BCUT2D eigenvalue weighted by Crippen LogP contribution is 2.30. The largest absolute Gasteiger partial charge is 0.460 e. The molecule has 1 fully saturated rings. The maximum Gasteiger partial charge on any atom is 0.306 e. The van der Waals surface area contributed by atoms with Crippen LogP contribution in [0.2, 0.25) is 0 Å². The van der Waals surface area contributed by atoms with E-state index in [2.05, 4.69) is 19.1 Å². The van der Waals surface area contributed by atoms with Crippen molar-refractivity contribution in [3.05, 3.63) is 12.2 Å². The SMILES string of the molecule is CCCCCC1OC1CC=CCCCCCCCC(=O)OC(C)CO. The highest BCUT2D eigenvalue weighted by atomic mass is 16.6. The van der Waals surface area contributed by atoms with Gasteiger partial charge in [-0.2, -0.15) is 0 Å². The second kappa shape index (κ2) is 14.3. The topological polar surface area (TPSA) is 59.1 Å². The third-order valence-electron chi connectivity index (χ3n) is 4.66.